The fourth-order valence-electron chi connectivity index (χ4n) is 3.84. The number of rotatable bonds is 7. The Morgan fingerprint density at radius 1 is 1.46 bits per heavy atom. The molecule has 1 heterocycles. The molecule has 138 valence electrons. The summed E-state index contributed by atoms with van der Waals surface area (Å²) >= 11 is 7.87. The minimum absolute atomic E-state index is 0.0139. The van der Waals surface area contributed by atoms with E-state index in [2.05, 4.69) is 12.2 Å². The van der Waals surface area contributed by atoms with Gasteiger partial charge >= 0.3 is 0 Å². The zero-order valence-electron chi connectivity index (χ0n) is 14.7. The lowest BCUT2D eigenvalue weighted by atomic mass is 10.1. The molecule has 1 amide bonds. The van der Waals surface area contributed by atoms with E-state index in [9.17, 15) is 4.79 Å². The Balaban J connectivity index is 1.39. The van der Waals surface area contributed by atoms with Gasteiger partial charge < -0.3 is 15.2 Å². The highest BCUT2D eigenvalue weighted by molar-refractivity contribution is 7.14. The minimum Gasteiger partial charge on any atom is -0.492 e. The highest BCUT2D eigenvalue weighted by atomic mass is 35.5. The Morgan fingerprint density at radius 3 is 3.08 bits per heavy atom. The third-order valence-electron chi connectivity index (χ3n) is 5.21. The Kier molecular flexibility index (Phi) is 4.95. The summed E-state index contributed by atoms with van der Waals surface area (Å²) in [6.07, 6.45) is 2.94. The second-order valence-corrected chi connectivity index (χ2v) is 8.69. The van der Waals surface area contributed by atoms with Gasteiger partial charge in [-0.25, -0.2) is 0 Å². The third-order valence-corrected chi connectivity index (χ3v) is 6.67. The molecule has 2 N–H and O–H groups in total. The maximum atomic E-state index is 12.7. The molecule has 26 heavy (non-hydrogen) atoms. The van der Waals surface area contributed by atoms with Gasteiger partial charge in [-0.2, -0.15) is 0 Å². The van der Waals surface area contributed by atoms with Crippen LogP contribution in [0.2, 0.25) is 5.02 Å². The average molecular weight is 392 g/mol. The summed E-state index contributed by atoms with van der Waals surface area (Å²) < 4.78 is 5.52. The molecule has 1 aromatic carbocycles. The molecule has 2 atom stereocenters. The van der Waals surface area contributed by atoms with Crippen LogP contribution < -0.4 is 10.1 Å². The molecule has 0 radical (unpaired) electrons. The van der Waals surface area contributed by atoms with Gasteiger partial charge in [-0.1, -0.05) is 17.7 Å². The summed E-state index contributed by atoms with van der Waals surface area (Å²) in [6, 6.07) is 5.52. The van der Waals surface area contributed by atoms with Crippen LogP contribution in [0.25, 0.3) is 0 Å². The molecular weight excluding hydrogens is 370 g/mol. The van der Waals surface area contributed by atoms with Gasteiger partial charge in [0.05, 0.1) is 16.5 Å². The molecule has 1 fully saturated rings. The lowest BCUT2D eigenvalue weighted by Gasteiger charge is -2.10. The van der Waals surface area contributed by atoms with Crippen molar-refractivity contribution in [2.24, 2.45) is 5.92 Å². The first-order valence-corrected chi connectivity index (χ1v) is 10.2. The van der Waals surface area contributed by atoms with Crippen LogP contribution in [0, 0.1) is 12.8 Å². The van der Waals surface area contributed by atoms with Gasteiger partial charge in [-0.3, -0.25) is 4.79 Å². The van der Waals surface area contributed by atoms with E-state index in [1.807, 2.05) is 18.2 Å². The van der Waals surface area contributed by atoms with Crippen LogP contribution in [-0.4, -0.2) is 24.2 Å². The van der Waals surface area contributed by atoms with Gasteiger partial charge in [0.1, 0.15) is 5.75 Å². The van der Waals surface area contributed by atoms with E-state index < -0.39 is 0 Å². The molecular formula is C20H22ClNO3S. The van der Waals surface area contributed by atoms with Crippen molar-refractivity contribution in [3.8, 4) is 5.75 Å². The van der Waals surface area contributed by atoms with E-state index in [1.165, 1.54) is 22.4 Å². The Bertz CT molecular complexity index is 848. The van der Waals surface area contributed by atoms with Gasteiger partial charge in [-0.15, -0.1) is 11.3 Å². The van der Waals surface area contributed by atoms with Crippen LogP contribution in [0.3, 0.4) is 0 Å². The number of hydrogen-bond donors (Lipinski definition) is 2. The molecule has 2 aliphatic carbocycles. The van der Waals surface area contributed by atoms with Crippen LogP contribution in [0.1, 0.15) is 50.0 Å². The van der Waals surface area contributed by atoms with Crippen molar-refractivity contribution < 1.29 is 14.6 Å². The van der Waals surface area contributed by atoms with Crippen LogP contribution >= 0.6 is 22.9 Å². The first-order chi connectivity index (χ1) is 12.6. The van der Waals surface area contributed by atoms with E-state index in [0.29, 0.717) is 30.3 Å². The Labute approximate surface area is 162 Å². The zero-order valence-corrected chi connectivity index (χ0v) is 16.3. The van der Waals surface area contributed by atoms with E-state index in [4.69, 9.17) is 21.4 Å². The van der Waals surface area contributed by atoms with Crippen LogP contribution in [-0.2, 0) is 13.0 Å². The molecule has 0 spiro atoms. The maximum Gasteiger partial charge on any atom is 0.261 e. The lowest BCUT2D eigenvalue weighted by molar-refractivity contribution is 0.0954. The molecule has 0 bridgehead atoms. The summed E-state index contributed by atoms with van der Waals surface area (Å²) in [6.45, 7) is 3.09. The van der Waals surface area contributed by atoms with E-state index in [0.717, 1.165) is 28.7 Å². The number of thiophene rings is 1. The number of aryl methyl sites for hydroxylation is 1. The topological polar surface area (TPSA) is 58.6 Å². The zero-order chi connectivity index (χ0) is 18.3. The highest BCUT2D eigenvalue weighted by Gasteiger charge is 2.48. The standard InChI is InChI=1S/C20H22ClNO3S/c1-11-18-14-8-13(14)9-15(18)19(26-11)20(24)22-10-12-3-4-17(16(21)7-12)25-6-2-5-23/h3-4,7,13-14,23H,2,5-6,8-10H2,1H3,(H,22,24)/t13-,14-/m1/s1. The molecule has 1 aromatic heterocycles. The number of ether oxygens (including phenoxy) is 1. The minimum atomic E-state index is 0.0139. The molecule has 6 heteroatoms. The fraction of sp³-hybridized carbons (Fsp3) is 0.450. The van der Waals surface area contributed by atoms with Crippen LogP contribution in [0.5, 0.6) is 5.75 Å². The second-order valence-electron chi connectivity index (χ2n) is 7.06. The largest absolute Gasteiger partial charge is 0.492 e. The Morgan fingerprint density at radius 2 is 2.31 bits per heavy atom. The van der Waals surface area contributed by atoms with Crippen LogP contribution in [0.15, 0.2) is 18.2 Å². The predicted octanol–water partition coefficient (Wildman–Crippen LogP) is 4.06. The molecule has 1 saturated carbocycles. The number of halogens is 1. The quantitative estimate of drug-likeness (QED) is 0.700. The van der Waals surface area contributed by atoms with Crippen molar-refractivity contribution in [2.75, 3.05) is 13.2 Å². The van der Waals surface area contributed by atoms with Gasteiger partial charge in [0.2, 0.25) is 0 Å². The number of hydrogen-bond acceptors (Lipinski definition) is 4. The number of fused-ring (bicyclic) bond motifs is 3. The number of amides is 1. The number of aliphatic hydroxyl groups is 1. The van der Waals surface area contributed by atoms with Gasteiger partial charge in [0.15, 0.2) is 0 Å². The number of carbonyl (C=O) groups is 1. The molecule has 2 aromatic rings. The summed E-state index contributed by atoms with van der Waals surface area (Å²) in [4.78, 5) is 14.9. The smallest absolute Gasteiger partial charge is 0.261 e. The molecule has 0 unspecified atom stereocenters. The van der Waals surface area contributed by atoms with Crippen molar-refractivity contribution in [2.45, 2.75) is 38.6 Å². The first kappa shape index (κ1) is 17.8. The summed E-state index contributed by atoms with van der Waals surface area (Å²) in [7, 11) is 0. The van der Waals surface area contributed by atoms with E-state index in [-0.39, 0.29) is 12.5 Å². The lowest BCUT2D eigenvalue weighted by Crippen LogP contribution is -2.22. The second kappa shape index (κ2) is 7.22. The van der Waals surface area contributed by atoms with Gasteiger partial charge in [0.25, 0.3) is 5.91 Å². The normalized spacial score (nSPS) is 19.8. The molecule has 4 nitrogen and oxygen atoms in total. The van der Waals surface area contributed by atoms with Crippen molar-refractivity contribution >= 4 is 28.8 Å². The fourth-order valence-corrected chi connectivity index (χ4v) is 5.27. The van der Waals surface area contributed by atoms with Crippen LogP contribution in [0.4, 0.5) is 0 Å². The summed E-state index contributed by atoms with van der Waals surface area (Å²) in [5.74, 6) is 2.12. The first-order valence-electron chi connectivity index (χ1n) is 9.01. The third kappa shape index (κ3) is 3.36. The predicted molar refractivity (Wildman–Crippen MR) is 103 cm³/mol. The van der Waals surface area contributed by atoms with Gasteiger partial charge in [-0.05, 0) is 60.4 Å². The Hall–Kier alpha value is -1.56. The molecule has 4 rings (SSSR count). The van der Waals surface area contributed by atoms with Crippen molar-refractivity contribution in [3.05, 3.63) is 49.7 Å². The summed E-state index contributed by atoms with van der Waals surface area (Å²) in [5, 5.41) is 12.3. The van der Waals surface area contributed by atoms with Crippen molar-refractivity contribution in [1.29, 1.82) is 0 Å². The summed E-state index contributed by atoms with van der Waals surface area (Å²) in [5.41, 5.74) is 3.68. The average Bonchev–Trinajstić information content (AvgIpc) is 3.15. The number of benzene rings is 1. The number of carbonyl (C=O) groups excluding carboxylic acids is 1. The van der Waals surface area contributed by atoms with E-state index in [1.54, 1.807) is 11.3 Å². The number of aliphatic hydroxyl groups excluding tert-OH is 1. The highest BCUT2D eigenvalue weighted by Crippen LogP contribution is 2.59. The number of nitrogens with one attached hydrogen (secondary N) is 1. The van der Waals surface area contributed by atoms with E-state index >= 15 is 0 Å². The molecule has 0 aliphatic heterocycles. The van der Waals surface area contributed by atoms with Crippen molar-refractivity contribution in [1.82, 2.24) is 5.32 Å². The molecule has 2 aliphatic rings. The van der Waals surface area contributed by atoms with Crippen molar-refractivity contribution in [3.63, 3.8) is 0 Å². The SMILES string of the molecule is Cc1sc(C(=O)NCc2ccc(OCCCO)c(Cl)c2)c2c1[C@@H]1C[C@@H]1C2. The monoisotopic (exact) mass is 391 g/mol. The maximum absolute atomic E-state index is 12.7. The van der Waals surface area contributed by atoms with Gasteiger partial charge in [0, 0.05) is 24.4 Å². The molecule has 0 saturated heterocycles.